The number of amides is 3. The molecule has 3 amide bonds. The first-order chi connectivity index (χ1) is 11.2. The van der Waals surface area contributed by atoms with Gasteiger partial charge in [0.1, 0.15) is 0 Å². The Bertz CT molecular complexity index is 636. The third-order valence-corrected chi connectivity index (χ3v) is 4.31. The molecule has 0 aromatic heterocycles. The van der Waals surface area contributed by atoms with Gasteiger partial charge in [-0.2, -0.15) is 0 Å². The molecule has 1 saturated heterocycles. The largest absolute Gasteiger partial charge is 0.345 e. The second-order valence-corrected chi connectivity index (χ2v) is 6.63. The second-order valence-electron chi connectivity index (χ2n) is 6.23. The van der Waals surface area contributed by atoms with Crippen molar-refractivity contribution in [2.24, 2.45) is 5.41 Å². The first-order valence-corrected chi connectivity index (χ1v) is 7.94. The molecule has 1 aliphatic rings. The summed E-state index contributed by atoms with van der Waals surface area (Å²) < 4.78 is 0. The maximum atomic E-state index is 12.4. The predicted octanol–water partition coefficient (Wildman–Crippen LogP) is 3.06. The molecule has 7 nitrogen and oxygen atoms in total. The van der Waals surface area contributed by atoms with Gasteiger partial charge in [0.2, 0.25) is 0 Å². The Morgan fingerprint density at radius 2 is 2.21 bits per heavy atom. The zero-order valence-corrected chi connectivity index (χ0v) is 15.0. The summed E-state index contributed by atoms with van der Waals surface area (Å²) in [7, 11) is 2.89. The summed E-state index contributed by atoms with van der Waals surface area (Å²) in [5.41, 5.74) is 0.827. The van der Waals surface area contributed by atoms with Crippen molar-refractivity contribution in [2.75, 3.05) is 26.1 Å². The molecule has 24 heavy (non-hydrogen) atoms. The van der Waals surface area contributed by atoms with E-state index in [9.17, 15) is 9.59 Å². The van der Waals surface area contributed by atoms with E-state index >= 15 is 0 Å². The molecular weight excluding hydrogens is 334 g/mol. The average Bonchev–Trinajstić information content (AvgIpc) is 2.53. The monoisotopic (exact) mass is 355 g/mol. The van der Waals surface area contributed by atoms with Crippen LogP contribution in [-0.4, -0.2) is 42.8 Å². The summed E-state index contributed by atoms with van der Waals surface area (Å²) in [4.78, 5) is 34.4. The van der Waals surface area contributed by atoms with E-state index in [-0.39, 0.29) is 12.5 Å². The van der Waals surface area contributed by atoms with Crippen molar-refractivity contribution >= 4 is 29.2 Å². The molecule has 0 spiro atoms. The lowest BCUT2D eigenvalue weighted by Crippen LogP contribution is -2.45. The van der Waals surface area contributed by atoms with E-state index in [1.54, 1.807) is 18.2 Å². The van der Waals surface area contributed by atoms with Crippen molar-refractivity contribution in [3.63, 3.8) is 0 Å². The number of halogens is 1. The lowest BCUT2D eigenvalue weighted by atomic mass is 9.87. The van der Waals surface area contributed by atoms with Gasteiger partial charge in [-0.1, -0.05) is 31.5 Å². The number of rotatable bonds is 4. The Hall–Kier alpha value is -1.83. The molecule has 0 atom stereocenters. The van der Waals surface area contributed by atoms with Gasteiger partial charge in [-0.25, -0.2) is 14.9 Å². The van der Waals surface area contributed by atoms with Crippen LogP contribution >= 0.6 is 11.6 Å². The van der Waals surface area contributed by atoms with Gasteiger partial charge < -0.3 is 5.32 Å². The highest BCUT2D eigenvalue weighted by atomic mass is 35.5. The van der Waals surface area contributed by atoms with Crippen LogP contribution in [0.4, 0.5) is 10.5 Å². The van der Waals surface area contributed by atoms with E-state index in [4.69, 9.17) is 21.3 Å². The number of carbonyl (C=O) groups is 2. The van der Waals surface area contributed by atoms with Crippen LogP contribution in [0.3, 0.4) is 0 Å². The van der Waals surface area contributed by atoms with Crippen LogP contribution in [0.15, 0.2) is 18.2 Å². The molecule has 1 N–H and O–H groups in total. The van der Waals surface area contributed by atoms with E-state index in [0.29, 0.717) is 23.7 Å². The highest BCUT2D eigenvalue weighted by Crippen LogP contribution is 2.30. The Morgan fingerprint density at radius 1 is 1.50 bits per heavy atom. The van der Waals surface area contributed by atoms with Gasteiger partial charge in [0, 0.05) is 23.2 Å². The molecule has 1 fully saturated rings. The third-order valence-electron chi connectivity index (χ3n) is 3.96. The normalized spacial score (nSPS) is 16.9. The Kier molecular flexibility index (Phi) is 5.69. The Balaban J connectivity index is 2.07. The van der Waals surface area contributed by atoms with E-state index in [1.807, 2.05) is 13.8 Å². The quantitative estimate of drug-likeness (QED) is 0.843. The standard InChI is InChI=1S/C16H22ClN3O4/c1-16(2)7-8-24-20(14(16)21)10-11-5-6-12(9-13(11)17)18-15(22)19(3)23-4/h5-6,9H,7-8,10H2,1-4H3,(H,18,22). The van der Waals surface area contributed by atoms with E-state index in [1.165, 1.54) is 19.2 Å². The van der Waals surface area contributed by atoms with Crippen molar-refractivity contribution < 1.29 is 19.3 Å². The molecule has 8 heteroatoms. The minimum Gasteiger partial charge on any atom is -0.306 e. The van der Waals surface area contributed by atoms with E-state index in [2.05, 4.69) is 5.32 Å². The fourth-order valence-corrected chi connectivity index (χ4v) is 2.47. The van der Waals surface area contributed by atoms with Gasteiger partial charge in [0.05, 0.1) is 20.3 Å². The molecule has 0 saturated carbocycles. The van der Waals surface area contributed by atoms with Crippen molar-refractivity contribution in [3.8, 4) is 0 Å². The van der Waals surface area contributed by atoms with Gasteiger partial charge in [-0.15, -0.1) is 0 Å². The number of carbonyl (C=O) groups excluding carboxylic acids is 2. The highest BCUT2D eigenvalue weighted by Gasteiger charge is 2.36. The van der Waals surface area contributed by atoms with Crippen molar-refractivity contribution in [1.82, 2.24) is 10.1 Å². The zero-order chi connectivity index (χ0) is 17.9. The topological polar surface area (TPSA) is 71.1 Å². The van der Waals surface area contributed by atoms with Crippen molar-refractivity contribution in [1.29, 1.82) is 0 Å². The van der Waals surface area contributed by atoms with Crippen LogP contribution in [-0.2, 0) is 21.0 Å². The first kappa shape index (κ1) is 18.5. The predicted molar refractivity (Wildman–Crippen MR) is 90.1 cm³/mol. The maximum absolute atomic E-state index is 12.4. The minimum atomic E-state index is -0.441. The fourth-order valence-electron chi connectivity index (χ4n) is 2.22. The number of anilines is 1. The molecule has 0 bridgehead atoms. The molecule has 1 aromatic rings. The summed E-state index contributed by atoms with van der Waals surface area (Å²) in [6, 6.07) is 4.67. The van der Waals surface area contributed by atoms with E-state index < -0.39 is 11.4 Å². The molecule has 0 radical (unpaired) electrons. The van der Waals surface area contributed by atoms with Crippen LogP contribution in [0, 0.1) is 5.41 Å². The summed E-state index contributed by atoms with van der Waals surface area (Å²) >= 11 is 6.27. The van der Waals surface area contributed by atoms with Gasteiger partial charge in [0.25, 0.3) is 5.91 Å². The van der Waals surface area contributed by atoms with Gasteiger partial charge >= 0.3 is 6.03 Å². The number of hydroxylamine groups is 4. The van der Waals surface area contributed by atoms with Gasteiger partial charge in [-0.3, -0.25) is 14.5 Å². The van der Waals surface area contributed by atoms with E-state index in [0.717, 1.165) is 10.6 Å². The number of hydrogen-bond donors (Lipinski definition) is 1. The lowest BCUT2D eigenvalue weighted by Gasteiger charge is -2.36. The molecule has 1 heterocycles. The van der Waals surface area contributed by atoms with Gasteiger partial charge in [-0.05, 0) is 24.1 Å². The van der Waals surface area contributed by atoms with Crippen molar-refractivity contribution in [2.45, 2.75) is 26.8 Å². The minimum absolute atomic E-state index is 0.0658. The first-order valence-electron chi connectivity index (χ1n) is 7.57. The summed E-state index contributed by atoms with van der Waals surface area (Å²) in [5.74, 6) is -0.0658. The average molecular weight is 356 g/mol. The maximum Gasteiger partial charge on any atom is 0.345 e. The Labute approximate surface area is 146 Å². The molecule has 0 unspecified atom stereocenters. The fraction of sp³-hybridized carbons (Fsp3) is 0.500. The number of urea groups is 1. The summed E-state index contributed by atoms with van der Waals surface area (Å²) in [6.07, 6.45) is 0.689. The van der Waals surface area contributed by atoms with Crippen LogP contribution in [0.25, 0.3) is 0 Å². The lowest BCUT2D eigenvalue weighted by molar-refractivity contribution is -0.218. The molecule has 1 aromatic carbocycles. The van der Waals surface area contributed by atoms with Gasteiger partial charge in [0.15, 0.2) is 0 Å². The zero-order valence-electron chi connectivity index (χ0n) is 14.3. The second kappa shape index (κ2) is 7.38. The summed E-state index contributed by atoms with van der Waals surface area (Å²) in [5, 5.41) is 5.50. The third kappa shape index (κ3) is 4.17. The number of hydrogen-bond acceptors (Lipinski definition) is 4. The number of nitrogens with zero attached hydrogens (tertiary/aromatic N) is 2. The van der Waals surface area contributed by atoms with Crippen LogP contribution in [0.5, 0.6) is 0 Å². The van der Waals surface area contributed by atoms with Crippen LogP contribution in [0.2, 0.25) is 5.02 Å². The molecule has 2 rings (SSSR count). The summed E-state index contributed by atoms with van der Waals surface area (Å²) in [6.45, 7) is 4.55. The Morgan fingerprint density at radius 3 is 2.83 bits per heavy atom. The molecule has 0 aliphatic carbocycles. The smallest absolute Gasteiger partial charge is 0.306 e. The highest BCUT2D eigenvalue weighted by molar-refractivity contribution is 6.31. The SMILES string of the molecule is CON(C)C(=O)Nc1ccc(CN2OCCC(C)(C)C2=O)c(Cl)c1. The molecule has 1 aliphatic heterocycles. The van der Waals surface area contributed by atoms with Crippen molar-refractivity contribution in [3.05, 3.63) is 28.8 Å². The molecule has 132 valence electrons. The number of nitrogens with one attached hydrogen (secondary N) is 1. The van der Waals surface area contributed by atoms with Crippen LogP contribution < -0.4 is 5.32 Å². The van der Waals surface area contributed by atoms with Crippen LogP contribution in [0.1, 0.15) is 25.8 Å². The number of benzene rings is 1. The molecular formula is C16H22ClN3O4.